The summed E-state index contributed by atoms with van der Waals surface area (Å²) in [6, 6.07) is 20.1. The van der Waals surface area contributed by atoms with Crippen LogP contribution in [-0.4, -0.2) is 49.0 Å². The topological polar surface area (TPSA) is 89.9 Å². The molecular formula is C25H24N6O2. The number of amides is 1. The first-order valence-corrected chi connectivity index (χ1v) is 11.4. The Hall–Kier alpha value is -3.81. The van der Waals surface area contributed by atoms with Gasteiger partial charge in [-0.2, -0.15) is 4.98 Å². The number of hydrogen-bond acceptors (Lipinski definition) is 6. The van der Waals surface area contributed by atoms with E-state index in [2.05, 4.69) is 32.6 Å². The lowest BCUT2D eigenvalue weighted by atomic mass is 9.93. The molecule has 4 aromatic rings. The van der Waals surface area contributed by atoms with Crippen LogP contribution in [0.5, 0.6) is 0 Å². The van der Waals surface area contributed by atoms with E-state index in [1.165, 1.54) is 0 Å². The summed E-state index contributed by atoms with van der Waals surface area (Å²) in [5.74, 6) is 1.15. The molecule has 8 heteroatoms. The second-order valence-electron chi connectivity index (χ2n) is 8.84. The first-order valence-electron chi connectivity index (χ1n) is 11.4. The van der Waals surface area contributed by atoms with Crippen LogP contribution in [-0.2, 0) is 10.2 Å². The van der Waals surface area contributed by atoms with E-state index in [1.807, 2.05) is 64.3 Å². The van der Waals surface area contributed by atoms with Crippen LogP contribution in [0.4, 0.5) is 0 Å². The molecule has 2 aliphatic rings. The fourth-order valence-corrected chi connectivity index (χ4v) is 4.73. The lowest BCUT2D eigenvalue weighted by molar-refractivity contribution is -0.135. The van der Waals surface area contributed by atoms with Crippen LogP contribution in [0.2, 0.25) is 0 Å². The molecule has 2 fully saturated rings. The number of nitrogens with zero attached hydrogens (tertiary/aromatic N) is 6. The lowest BCUT2D eigenvalue weighted by Crippen LogP contribution is -2.44. The van der Waals surface area contributed by atoms with Crippen LogP contribution in [0.25, 0.3) is 23.0 Å². The van der Waals surface area contributed by atoms with Gasteiger partial charge in [0.2, 0.25) is 11.7 Å². The Morgan fingerprint density at radius 2 is 1.67 bits per heavy atom. The highest BCUT2D eigenvalue weighted by Crippen LogP contribution is 2.50. The van der Waals surface area contributed by atoms with Gasteiger partial charge in [0, 0.05) is 18.7 Å². The van der Waals surface area contributed by atoms with Crippen molar-refractivity contribution in [2.45, 2.75) is 37.1 Å². The molecule has 33 heavy (non-hydrogen) atoms. The number of piperidine rings is 1. The van der Waals surface area contributed by atoms with E-state index in [-0.39, 0.29) is 17.4 Å². The molecule has 166 valence electrons. The molecule has 2 aromatic heterocycles. The Morgan fingerprint density at radius 3 is 2.36 bits per heavy atom. The number of benzene rings is 2. The monoisotopic (exact) mass is 440 g/mol. The summed E-state index contributed by atoms with van der Waals surface area (Å²) in [6.45, 7) is 1.46. The molecule has 1 aliphatic carbocycles. The summed E-state index contributed by atoms with van der Waals surface area (Å²) in [6.07, 6.45) is 5.43. The van der Waals surface area contributed by atoms with Crippen LogP contribution >= 0.6 is 0 Å². The van der Waals surface area contributed by atoms with Gasteiger partial charge in [0.05, 0.1) is 17.7 Å². The van der Waals surface area contributed by atoms with Gasteiger partial charge in [-0.15, -0.1) is 5.10 Å². The molecule has 6 rings (SSSR count). The second-order valence-corrected chi connectivity index (χ2v) is 8.84. The minimum Gasteiger partial charge on any atom is -0.342 e. The van der Waals surface area contributed by atoms with E-state index in [0.29, 0.717) is 17.4 Å². The van der Waals surface area contributed by atoms with Gasteiger partial charge in [-0.05, 0) is 31.2 Å². The SMILES string of the molecule is O=C(N1CCC(n2cc(-c3nc(-c4ccccc4)no3)nn2)CC1)C1(c2ccccc2)CC1. The van der Waals surface area contributed by atoms with Crippen molar-refractivity contribution in [2.24, 2.45) is 0 Å². The van der Waals surface area contributed by atoms with Crippen molar-refractivity contribution in [2.75, 3.05) is 13.1 Å². The molecule has 1 amide bonds. The fraction of sp³-hybridized carbons (Fsp3) is 0.320. The van der Waals surface area contributed by atoms with Crippen molar-refractivity contribution in [3.8, 4) is 23.0 Å². The minimum absolute atomic E-state index is 0.193. The van der Waals surface area contributed by atoms with E-state index in [9.17, 15) is 4.79 Å². The van der Waals surface area contributed by atoms with Gasteiger partial charge in [-0.25, -0.2) is 4.68 Å². The van der Waals surface area contributed by atoms with E-state index >= 15 is 0 Å². The number of rotatable bonds is 5. The normalized spacial score (nSPS) is 17.8. The molecule has 1 saturated carbocycles. The number of hydrogen-bond donors (Lipinski definition) is 0. The summed E-state index contributed by atoms with van der Waals surface area (Å²) in [4.78, 5) is 19.8. The smallest absolute Gasteiger partial charge is 0.280 e. The van der Waals surface area contributed by atoms with Crippen LogP contribution in [0, 0.1) is 0 Å². The molecule has 0 spiro atoms. The van der Waals surface area contributed by atoms with Crippen LogP contribution in [0.15, 0.2) is 71.4 Å². The first kappa shape index (κ1) is 19.8. The third kappa shape index (κ3) is 3.61. The van der Waals surface area contributed by atoms with Crippen molar-refractivity contribution in [1.29, 1.82) is 0 Å². The highest BCUT2D eigenvalue weighted by Gasteiger charge is 2.53. The average molecular weight is 441 g/mol. The molecule has 0 N–H and O–H groups in total. The molecule has 0 radical (unpaired) electrons. The highest BCUT2D eigenvalue weighted by molar-refractivity contribution is 5.91. The van der Waals surface area contributed by atoms with Crippen molar-refractivity contribution < 1.29 is 9.32 Å². The molecule has 2 aromatic carbocycles. The van der Waals surface area contributed by atoms with Gasteiger partial charge in [0.25, 0.3) is 5.89 Å². The lowest BCUT2D eigenvalue weighted by Gasteiger charge is -2.34. The standard InChI is InChI=1S/C25H24N6O2/c32-24(25(13-14-25)19-9-5-2-6-10-19)30-15-11-20(12-16-30)31-17-21(27-29-31)23-26-22(28-33-23)18-7-3-1-4-8-18/h1-10,17,20H,11-16H2. The summed E-state index contributed by atoms with van der Waals surface area (Å²) < 4.78 is 7.28. The molecule has 1 aliphatic heterocycles. The second kappa shape index (κ2) is 7.95. The molecule has 8 nitrogen and oxygen atoms in total. The van der Waals surface area contributed by atoms with Crippen LogP contribution in [0.3, 0.4) is 0 Å². The summed E-state index contributed by atoms with van der Waals surface area (Å²) in [5, 5.41) is 12.6. The number of aromatic nitrogens is 5. The van der Waals surface area contributed by atoms with Gasteiger partial charge in [-0.3, -0.25) is 4.79 Å². The molecule has 1 saturated heterocycles. The van der Waals surface area contributed by atoms with Gasteiger partial charge in [0.1, 0.15) is 0 Å². The first-order chi connectivity index (χ1) is 16.2. The van der Waals surface area contributed by atoms with Gasteiger partial charge in [0.15, 0.2) is 5.69 Å². The molecule has 3 heterocycles. The summed E-state index contributed by atoms with van der Waals surface area (Å²) in [5.41, 5.74) is 2.29. The maximum Gasteiger partial charge on any atom is 0.280 e. The van der Waals surface area contributed by atoms with Crippen LogP contribution in [0.1, 0.15) is 37.3 Å². The third-order valence-electron chi connectivity index (χ3n) is 6.80. The Morgan fingerprint density at radius 1 is 0.970 bits per heavy atom. The Bertz CT molecular complexity index is 1250. The maximum atomic E-state index is 13.3. The number of carbonyl (C=O) groups excluding carboxylic acids is 1. The van der Waals surface area contributed by atoms with Crippen molar-refractivity contribution in [3.05, 3.63) is 72.4 Å². The quantitative estimate of drug-likeness (QED) is 0.468. The fourth-order valence-electron chi connectivity index (χ4n) is 4.73. The Labute approximate surface area is 191 Å². The van der Waals surface area contributed by atoms with E-state index in [4.69, 9.17) is 4.52 Å². The zero-order valence-corrected chi connectivity index (χ0v) is 18.2. The summed E-state index contributed by atoms with van der Waals surface area (Å²) in [7, 11) is 0. The van der Waals surface area contributed by atoms with E-state index < -0.39 is 0 Å². The van der Waals surface area contributed by atoms with Crippen molar-refractivity contribution in [1.82, 2.24) is 30.0 Å². The minimum atomic E-state index is -0.303. The van der Waals surface area contributed by atoms with E-state index in [0.717, 1.165) is 49.9 Å². The number of likely N-dealkylation sites (tertiary alicyclic amines) is 1. The Kier molecular flexibility index (Phi) is 4.78. The zero-order chi connectivity index (χ0) is 22.3. The number of carbonyl (C=O) groups is 1. The van der Waals surface area contributed by atoms with Crippen molar-refractivity contribution in [3.63, 3.8) is 0 Å². The molecule has 0 atom stereocenters. The largest absolute Gasteiger partial charge is 0.342 e. The molecule has 0 bridgehead atoms. The van der Waals surface area contributed by atoms with Gasteiger partial charge >= 0.3 is 0 Å². The Balaban J connectivity index is 1.11. The van der Waals surface area contributed by atoms with E-state index in [1.54, 1.807) is 0 Å². The van der Waals surface area contributed by atoms with Crippen LogP contribution < -0.4 is 0 Å². The molecule has 0 unspecified atom stereocenters. The van der Waals surface area contributed by atoms with Crippen molar-refractivity contribution >= 4 is 5.91 Å². The predicted molar refractivity (Wildman–Crippen MR) is 121 cm³/mol. The highest BCUT2D eigenvalue weighted by atomic mass is 16.5. The predicted octanol–water partition coefficient (Wildman–Crippen LogP) is 3.89. The molecular weight excluding hydrogens is 416 g/mol. The average Bonchev–Trinajstić information content (AvgIpc) is 3.29. The maximum absolute atomic E-state index is 13.3. The third-order valence-corrected chi connectivity index (χ3v) is 6.80. The summed E-state index contributed by atoms with van der Waals surface area (Å²) >= 11 is 0. The van der Waals surface area contributed by atoms with Gasteiger partial charge in [-0.1, -0.05) is 71.0 Å². The van der Waals surface area contributed by atoms with Gasteiger partial charge < -0.3 is 9.42 Å². The zero-order valence-electron chi connectivity index (χ0n) is 18.2.